The second kappa shape index (κ2) is 6.37. The van der Waals surface area contributed by atoms with Gasteiger partial charge in [-0.1, -0.05) is 6.58 Å². The smallest absolute Gasteiger partial charge is 0.163 e. The van der Waals surface area contributed by atoms with Crippen LogP contribution in [0.2, 0.25) is 0 Å². The van der Waals surface area contributed by atoms with Crippen molar-refractivity contribution in [2.24, 2.45) is 4.99 Å². The maximum Gasteiger partial charge on any atom is 0.163 e. The van der Waals surface area contributed by atoms with E-state index in [1.807, 2.05) is 0 Å². The Morgan fingerprint density at radius 3 is 3.00 bits per heavy atom. The summed E-state index contributed by atoms with van der Waals surface area (Å²) in [6.45, 7) is 3.44. The van der Waals surface area contributed by atoms with Crippen molar-refractivity contribution in [3.05, 3.63) is 61.2 Å². The van der Waals surface area contributed by atoms with Crippen LogP contribution in [-0.4, -0.2) is 15.2 Å². The molecule has 2 heterocycles. The minimum Gasteiger partial charge on any atom is -0.460 e. The molecule has 0 radical (unpaired) electrons. The highest BCUT2D eigenvalue weighted by atomic mass is 19.1. The first-order chi connectivity index (χ1) is 9.80. The van der Waals surface area contributed by atoms with Gasteiger partial charge >= 0.3 is 0 Å². The molecule has 0 unspecified atom stereocenters. The first-order valence-electron chi connectivity index (χ1n) is 5.52. The zero-order chi connectivity index (χ0) is 14.4. The number of allylic oxidation sites excluding steroid dienone is 1. The van der Waals surface area contributed by atoms with Crippen LogP contribution in [0.4, 0.5) is 8.78 Å². The molecule has 0 aliphatic carbocycles. The van der Waals surface area contributed by atoms with Gasteiger partial charge < -0.3 is 4.74 Å². The normalized spacial score (nSPS) is 13.1. The predicted molar refractivity (Wildman–Crippen MR) is 69.7 cm³/mol. The SMILES string of the molecule is C=C/C(=C\F)N=c1nccc(O/C=C/F)c2[nH]ncc12. The molecule has 2 rings (SSSR count). The Kier molecular flexibility index (Phi) is 4.33. The van der Waals surface area contributed by atoms with Gasteiger partial charge in [0.2, 0.25) is 0 Å². The lowest BCUT2D eigenvalue weighted by atomic mass is 10.3. The molecule has 0 amide bonds. The third kappa shape index (κ3) is 2.77. The van der Waals surface area contributed by atoms with E-state index < -0.39 is 0 Å². The number of H-pyrrole nitrogens is 1. The average molecular weight is 276 g/mol. The minimum atomic E-state index is 0.0253. The summed E-state index contributed by atoms with van der Waals surface area (Å²) >= 11 is 0. The fourth-order valence-electron chi connectivity index (χ4n) is 1.50. The number of aromatic nitrogens is 3. The second-order valence-corrected chi connectivity index (χ2v) is 3.52. The lowest BCUT2D eigenvalue weighted by molar-refractivity contribution is 0.470. The molecule has 0 aliphatic heterocycles. The zero-order valence-electron chi connectivity index (χ0n) is 10.3. The Labute approximate surface area is 112 Å². The van der Waals surface area contributed by atoms with Crippen LogP contribution >= 0.6 is 0 Å². The van der Waals surface area contributed by atoms with E-state index in [9.17, 15) is 8.78 Å². The van der Waals surface area contributed by atoms with Gasteiger partial charge in [-0.05, 0) is 6.08 Å². The Morgan fingerprint density at radius 2 is 2.30 bits per heavy atom. The number of nitrogens with zero attached hydrogens (tertiary/aromatic N) is 3. The number of fused-ring (bicyclic) bond motifs is 1. The minimum absolute atomic E-state index is 0.0253. The molecule has 0 saturated carbocycles. The summed E-state index contributed by atoms with van der Waals surface area (Å²) in [5.74, 6) is 0.310. The molecule has 2 aromatic rings. The number of aromatic amines is 1. The van der Waals surface area contributed by atoms with Crippen LogP contribution < -0.4 is 10.2 Å². The summed E-state index contributed by atoms with van der Waals surface area (Å²) in [4.78, 5) is 8.07. The van der Waals surface area contributed by atoms with Crippen LogP contribution in [0, 0.1) is 0 Å². The molecule has 7 heteroatoms. The fourth-order valence-corrected chi connectivity index (χ4v) is 1.50. The van der Waals surface area contributed by atoms with Crippen LogP contribution in [0.3, 0.4) is 0 Å². The highest BCUT2D eigenvalue weighted by molar-refractivity contribution is 5.82. The van der Waals surface area contributed by atoms with Crippen molar-refractivity contribution in [3.63, 3.8) is 0 Å². The van der Waals surface area contributed by atoms with Gasteiger partial charge in [-0.25, -0.2) is 18.8 Å². The lowest BCUT2D eigenvalue weighted by Gasteiger charge is -1.95. The predicted octanol–water partition coefficient (Wildman–Crippen LogP) is 2.67. The third-order valence-electron chi connectivity index (χ3n) is 2.35. The summed E-state index contributed by atoms with van der Waals surface area (Å²) in [6, 6.07) is 1.51. The highest BCUT2D eigenvalue weighted by Crippen LogP contribution is 2.19. The molecule has 20 heavy (non-hydrogen) atoms. The van der Waals surface area contributed by atoms with Crippen molar-refractivity contribution in [1.82, 2.24) is 15.2 Å². The van der Waals surface area contributed by atoms with Gasteiger partial charge in [0.25, 0.3) is 0 Å². The van der Waals surface area contributed by atoms with Gasteiger partial charge in [0.1, 0.15) is 24.4 Å². The van der Waals surface area contributed by atoms with Crippen LogP contribution in [-0.2, 0) is 0 Å². The molecule has 102 valence electrons. The maximum absolute atomic E-state index is 12.6. The molecule has 0 fully saturated rings. The van der Waals surface area contributed by atoms with Gasteiger partial charge in [0.05, 0.1) is 17.3 Å². The molecule has 2 aromatic heterocycles. The molecule has 0 atom stereocenters. The van der Waals surface area contributed by atoms with Crippen molar-refractivity contribution in [2.75, 3.05) is 0 Å². The zero-order valence-corrected chi connectivity index (χ0v) is 10.3. The largest absolute Gasteiger partial charge is 0.460 e. The Balaban J connectivity index is 2.71. The molecular formula is C13H10F2N4O. The van der Waals surface area contributed by atoms with Crippen molar-refractivity contribution in [3.8, 4) is 5.75 Å². The molecule has 0 bridgehead atoms. The highest BCUT2D eigenvalue weighted by Gasteiger charge is 2.05. The van der Waals surface area contributed by atoms with Gasteiger partial charge in [-0.15, -0.1) is 0 Å². The van der Waals surface area contributed by atoms with Crippen LogP contribution in [0.5, 0.6) is 5.75 Å². The van der Waals surface area contributed by atoms with Crippen LogP contribution in [0.1, 0.15) is 0 Å². The number of hydrogen-bond acceptors (Lipinski definition) is 4. The third-order valence-corrected chi connectivity index (χ3v) is 2.35. The standard InChI is InChI=1S/C13H10F2N4O/c1-2-9(7-15)18-13-10-8-17-19-12(10)11(3-5-16-13)20-6-4-14/h2-8H,1H2,(H,17,19)/b6-4+,9-7+,18-13?. The van der Waals surface area contributed by atoms with E-state index in [0.717, 1.165) is 6.26 Å². The summed E-state index contributed by atoms with van der Waals surface area (Å²) in [5.41, 5.74) is 0.718. The Hall–Kier alpha value is -2.83. The first kappa shape index (κ1) is 13.6. The Morgan fingerprint density at radius 1 is 1.45 bits per heavy atom. The molecule has 0 aliphatic rings. The summed E-state index contributed by atoms with van der Waals surface area (Å²) in [6.07, 6.45) is 5.58. The number of hydrogen-bond donors (Lipinski definition) is 1. The quantitative estimate of drug-likeness (QED) is 0.689. The first-order valence-corrected chi connectivity index (χ1v) is 5.52. The van der Waals surface area contributed by atoms with Gasteiger partial charge in [0.15, 0.2) is 11.2 Å². The number of halogens is 2. The van der Waals surface area contributed by atoms with E-state index in [2.05, 4.69) is 26.8 Å². The van der Waals surface area contributed by atoms with Crippen LogP contribution in [0.25, 0.3) is 10.9 Å². The van der Waals surface area contributed by atoms with E-state index in [1.54, 1.807) is 0 Å². The lowest BCUT2D eigenvalue weighted by Crippen LogP contribution is -2.04. The summed E-state index contributed by atoms with van der Waals surface area (Å²) in [7, 11) is 0. The van der Waals surface area contributed by atoms with E-state index >= 15 is 0 Å². The van der Waals surface area contributed by atoms with Crippen molar-refractivity contribution in [1.29, 1.82) is 0 Å². The van der Waals surface area contributed by atoms with Crippen LogP contribution in [0.15, 0.2) is 60.7 Å². The number of rotatable bonds is 4. The molecular weight excluding hydrogens is 266 g/mol. The van der Waals surface area contributed by atoms with Gasteiger partial charge in [-0.2, -0.15) is 5.10 Å². The second-order valence-electron chi connectivity index (χ2n) is 3.52. The molecule has 0 saturated heterocycles. The maximum atomic E-state index is 12.6. The van der Waals surface area contributed by atoms with Gasteiger partial charge in [0, 0.05) is 12.3 Å². The van der Waals surface area contributed by atoms with E-state index in [0.29, 0.717) is 23.0 Å². The van der Waals surface area contributed by atoms with E-state index in [-0.39, 0.29) is 17.5 Å². The number of nitrogens with one attached hydrogen (secondary N) is 1. The van der Waals surface area contributed by atoms with E-state index in [1.165, 1.54) is 24.5 Å². The molecule has 1 N–H and O–H groups in total. The summed E-state index contributed by atoms with van der Waals surface area (Å²) in [5, 5.41) is 7.05. The van der Waals surface area contributed by atoms with Crippen molar-refractivity contribution < 1.29 is 13.5 Å². The average Bonchev–Trinajstić information content (AvgIpc) is 2.89. The topological polar surface area (TPSA) is 63.2 Å². The molecule has 5 nitrogen and oxygen atoms in total. The summed E-state index contributed by atoms with van der Waals surface area (Å²) < 4.78 is 29.7. The number of ether oxygens (including phenoxy) is 1. The van der Waals surface area contributed by atoms with E-state index in [4.69, 9.17) is 4.74 Å². The monoisotopic (exact) mass is 276 g/mol. The molecule has 0 aromatic carbocycles. The van der Waals surface area contributed by atoms with Crippen molar-refractivity contribution >= 4 is 10.9 Å². The molecule has 0 spiro atoms. The Bertz CT molecular complexity index is 749. The van der Waals surface area contributed by atoms with Gasteiger partial charge in [-0.3, -0.25) is 5.10 Å². The van der Waals surface area contributed by atoms with Crippen molar-refractivity contribution in [2.45, 2.75) is 0 Å². The fraction of sp³-hybridized carbons (Fsp3) is 0.